The van der Waals surface area contributed by atoms with E-state index in [1.165, 1.54) is 8.85 Å². The Hall–Kier alpha value is 0.266. The molecule has 0 aliphatic rings. The van der Waals surface area contributed by atoms with Gasteiger partial charge in [-0.2, -0.15) is 0 Å². The Balaban J connectivity index is 3.41. The number of thiazole rings is 1. The maximum atomic E-state index is 2.20. The second-order valence-corrected chi connectivity index (χ2v) is 4.60. The summed E-state index contributed by atoms with van der Waals surface area (Å²) < 4.78 is 3.59. The summed E-state index contributed by atoms with van der Waals surface area (Å²) in [6, 6.07) is 0. The van der Waals surface area contributed by atoms with E-state index in [0.717, 1.165) is 0 Å². The molecule has 0 aromatic carbocycles. The number of hydrogen-bond donors (Lipinski definition) is 0. The predicted octanol–water partition coefficient (Wildman–Crippen LogP) is 1.47. The van der Waals surface area contributed by atoms with Crippen LogP contribution in [0.4, 0.5) is 0 Å². The van der Waals surface area contributed by atoms with Gasteiger partial charge in [-0.15, -0.1) is 0 Å². The molecule has 0 radical (unpaired) electrons. The van der Waals surface area contributed by atoms with Gasteiger partial charge in [0.05, 0.1) is 0 Å². The molecule has 0 amide bonds. The number of hydrogen-bond acceptors (Lipinski definition) is 1. The molecule has 1 nitrogen and oxygen atoms in total. The van der Waals surface area contributed by atoms with Gasteiger partial charge in [-0.1, -0.05) is 0 Å². The molecule has 0 saturated heterocycles. The SMILES string of the molecule is Cc1cs[c](=[Os])n1C. The summed E-state index contributed by atoms with van der Waals surface area (Å²) in [7, 11) is 2.09. The Morgan fingerprint density at radius 2 is 2.38 bits per heavy atom. The van der Waals surface area contributed by atoms with Crippen LogP contribution in [-0.2, 0) is 25.2 Å². The zero-order valence-electron chi connectivity index (χ0n) is 4.79. The normalized spacial score (nSPS) is 9.88. The molecule has 1 heterocycles. The van der Waals surface area contributed by atoms with Crippen molar-refractivity contribution >= 4 is 11.3 Å². The fourth-order valence-electron chi connectivity index (χ4n) is 0.425. The molecule has 0 saturated carbocycles. The number of nitrogens with zero attached hydrogens (tertiary/aromatic N) is 1. The molecule has 0 N–H and O–H groups in total. The molecular formula is C5H7NOsS. The second kappa shape index (κ2) is 2.25. The minimum atomic E-state index is 1.35. The van der Waals surface area contributed by atoms with Crippen molar-refractivity contribution in [3.8, 4) is 0 Å². The average molecular weight is 303 g/mol. The van der Waals surface area contributed by atoms with Crippen molar-refractivity contribution in [3.63, 3.8) is 0 Å². The quantitative estimate of drug-likeness (QED) is 0.684. The van der Waals surface area contributed by atoms with Crippen LogP contribution in [0.3, 0.4) is 0 Å². The Bertz CT molecular complexity index is 235. The molecule has 0 aliphatic heterocycles. The third kappa shape index (κ3) is 0.987. The first-order chi connectivity index (χ1) is 3.72. The van der Waals surface area contributed by atoms with Crippen molar-refractivity contribution in [1.82, 2.24) is 4.57 Å². The van der Waals surface area contributed by atoms with E-state index < -0.39 is 0 Å². The number of aromatic nitrogens is 1. The van der Waals surface area contributed by atoms with Gasteiger partial charge >= 0.3 is 62.3 Å². The molecular weight excluding hydrogens is 296 g/mol. The van der Waals surface area contributed by atoms with E-state index >= 15 is 0 Å². The first-order valence-corrected chi connectivity index (χ1v) is 4.45. The topological polar surface area (TPSA) is 4.93 Å². The zero-order valence-corrected chi connectivity index (χ0v) is 8.14. The van der Waals surface area contributed by atoms with Crippen LogP contribution >= 0.6 is 11.3 Å². The molecule has 1 aromatic heterocycles. The Kier molecular flexibility index (Phi) is 1.79. The van der Waals surface area contributed by atoms with Crippen LogP contribution in [0.1, 0.15) is 5.69 Å². The summed E-state index contributed by atoms with van der Waals surface area (Å²) in [5.41, 5.74) is 1.35. The van der Waals surface area contributed by atoms with E-state index in [-0.39, 0.29) is 0 Å². The second-order valence-electron chi connectivity index (χ2n) is 1.68. The monoisotopic (exact) mass is 305 g/mol. The van der Waals surface area contributed by atoms with Gasteiger partial charge in [-0.3, -0.25) is 0 Å². The Morgan fingerprint density at radius 3 is 2.50 bits per heavy atom. The van der Waals surface area contributed by atoms with Crippen molar-refractivity contribution in [1.29, 1.82) is 0 Å². The maximum absolute atomic E-state index is 2.20. The van der Waals surface area contributed by atoms with Crippen molar-refractivity contribution in [2.75, 3.05) is 0 Å². The molecule has 0 bridgehead atoms. The van der Waals surface area contributed by atoms with Crippen molar-refractivity contribution in [2.45, 2.75) is 6.92 Å². The van der Waals surface area contributed by atoms with Crippen LogP contribution in [0.15, 0.2) is 5.38 Å². The van der Waals surface area contributed by atoms with Gasteiger partial charge in [-0.25, -0.2) is 0 Å². The molecule has 0 spiro atoms. The standard InChI is InChI=1S/C5H7NS.Os/c1-5-3-7-4-6(5)2;/h3H,1-2H3;. The van der Waals surface area contributed by atoms with E-state index in [2.05, 4.69) is 23.9 Å². The Labute approximate surface area is 62.4 Å². The van der Waals surface area contributed by atoms with E-state index in [1.54, 1.807) is 11.3 Å². The summed E-state index contributed by atoms with van der Waals surface area (Å²) in [5.74, 6) is 0. The molecule has 8 heavy (non-hydrogen) atoms. The van der Waals surface area contributed by atoms with Gasteiger partial charge in [0.2, 0.25) is 0 Å². The molecule has 1 aromatic rings. The molecule has 1 rings (SSSR count). The first kappa shape index (κ1) is 6.39. The minimum absolute atomic E-state index is 1.35. The molecule has 0 unspecified atom stereocenters. The summed E-state index contributed by atoms with van der Waals surface area (Å²) in [5, 5.41) is 2.17. The van der Waals surface area contributed by atoms with E-state index in [9.17, 15) is 0 Å². The predicted molar refractivity (Wildman–Crippen MR) is 31.3 cm³/mol. The van der Waals surface area contributed by atoms with E-state index in [4.69, 9.17) is 0 Å². The summed E-state index contributed by atoms with van der Waals surface area (Å²) in [4.78, 5) is 0. The Morgan fingerprint density at radius 1 is 1.75 bits per heavy atom. The molecule has 0 aliphatic carbocycles. The van der Waals surface area contributed by atoms with Gasteiger partial charge < -0.3 is 0 Å². The number of rotatable bonds is 0. The fourth-order valence-corrected chi connectivity index (χ4v) is 2.05. The van der Waals surface area contributed by atoms with E-state index in [1.807, 2.05) is 18.1 Å². The van der Waals surface area contributed by atoms with E-state index in [0.29, 0.717) is 0 Å². The van der Waals surface area contributed by atoms with Crippen LogP contribution in [-0.4, -0.2) is 4.57 Å². The van der Waals surface area contributed by atoms with Gasteiger partial charge in [0, 0.05) is 0 Å². The fraction of sp³-hybridized carbons (Fsp3) is 0.400. The van der Waals surface area contributed by atoms with Gasteiger partial charge in [0.1, 0.15) is 0 Å². The van der Waals surface area contributed by atoms with Crippen molar-refractivity contribution in [3.05, 3.63) is 14.2 Å². The average Bonchev–Trinajstić information content (AvgIpc) is 1.98. The molecule has 0 atom stereocenters. The molecule has 0 fully saturated rings. The van der Waals surface area contributed by atoms with Crippen molar-refractivity contribution in [2.24, 2.45) is 7.05 Å². The third-order valence-electron chi connectivity index (χ3n) is 1.11. The summed E-state index contributed by atoms with van der Waals surface area (Å²) in [6.07, 6.45) is 0. The van der Waals surface area contributed by atoms with Gasteiger partial charge in [0.25, 0.3) is 0 Å². The molecule has 46 valence electrons. The van der Waals surface area contributed by atoms with Crippen LogP contribution in [0.25, 0.3) is 0 Å². The third-order valence-corrected chi connectivity index (χ3v) is 3.78. The van der Waals surface area contributed by atoms with Crippen LogP contribution in [0.5, 0.6) is 0 Å². The van der Waals surface area contributed by atoms with Gasteiger partial charge in [-0.05, 0) is 0 Å². The van der Waals surface area contributed by atoms with Gasteiger partial charge in [0.15, 0.2) is 0 Å². The summed E-state index contributed by atoms with van der Waals surface area (Å²) in [6.45, 7) is 2.12. The first-order valence-electron chi connectivity index (χ1n) is 2.30. The molecule has 3 heteroatoms. The van der Waals surface area contributed by atoms with Crippen LogP contribution in [0, 0.1) is 10.1 Å². The van der Waals surface area contributed by atoms with Crippen LogP contribution < -0.4 is 0 Å². The number of aryl methyl sites for hydroxylation is 1. The zero-order chi connectivity index (χ0) is 6.15. The van der Waals surface area contributed by atoms with Crippen molar-refractivity contribution < 1.29 is 18.1 Å². The summed E-state index contributed by atoms with van der Waals surface area (Å²) >= 11 is 3.74. The van der Waals surface area contributed by atoms with Crippen LogP contribution in [0.2, 0.25) is 0 Å².